The maximum absolute atomic E-state index is 11.8. The average molecular weight is 290 g/mol. The van der Waals surface area contributed by atoms with Gasteiger partial charge in [0.25, 0.3) is 5.91 Å². The number of nitrogens with two attached hydrogens (primary N) is 1. The zero-order chi connectivity index (χ0) is 14.5. The molecule has 20 heavy (non-hydrogen) atoms. The Labute approximate surface area is 122 Å². The average Bonchev–Trinajstić information content (AvgIpc) is 2.83. The van der Waals surface area contributed by atoms with Crippen LogP contribution in [0.25, 0.3) is 0 Å². The molecule has 4 N–H and O–H groups in total. The van der Waals surface area contributed by atoms with Crippen molar-refractivity contribution in [3.05, 3.63) is 39.8 Å². The van der Waals surface area contributed by atoms with Crippen molar-refractivity contribution in [2.24, 2.45) is 0 Å². The molecule has 1 aromatic carbocycles. The van der Waals surface area contributed by atoms with Gasteiger partial charge in [0.1, 0.15) is 0 Å². The van der Waals surface area contributed by atoms with Crippen LogP contribution in [0.1, 0.15) is 27.9 Å². The number of carbonyl (C=O) groups excluding carboxylic acids is 1. The van der Waals surface area contributed by atoms with Crippen LogP contribution in [0.3, 0.4) is 0 Å². The van der Waals surface area contributed by atoms with Gasteiger partial charge in [-0.1, -0.05) is 0 Å². The largest absolute Gasteiger partial charge is 0.397 e. The van der Waals surface area contributed by atoms with Crippen molar-refractivity contribution < 1.29 is 4.79 Å². The van der Waals surface area contributed by atoms with Crippen molar-refractivity contribution in [3.8, 4) is 0 Å². The SMILES string of the molecule is CCNC(=O)c1ccc(N)c(NCc2scnc2C)c1. The van der Waals surface area contributed by atoms with Gasteiger partial charge in [-0.05, 0) is 32.0 Å². The molecule has 0 bridgehead atoms. The maximum Gasteiger partial charge on any atom is 0.251 e. The summed E-state index contributed by atoms with van der Waals surface area (Å²) in [7, 11) is 0. The van der Waals surface area contributed by atoms with Gasteiger partial charge < -0.3 is 16.4 Å². The highest BCUT2D eigenvalue weighted by Crippen LogP contribution is 2.22. The van der Waals surface area contributed by atoms with E-state index in [-0.39, 0.29) is 5.91 Å². The lowest BCUT2D eigenvalue weighted by Gasteiger charge is -2.11. The van der Waals surface area contributed by atoms with E-state index >= 15 is 0 Å². The number of nitrogen functional groups attached to an aromatic ring is 1. The molecule has 0 aliphatic carbocycles. The summed E-state index contributed by atoms with van der Waals surface area (Å²) in [6.45, 7) is 5.12. The van der Waals surface area contributed by atoms with Crippen molar-refractivity contribution in [1.82, 2.24) is 10.3 Å². The Morgan fingerprint density at radius 2 is 2.25 bits per heavy atom. The van der Waals surface area contributed by atoms with Crippen LogP contribution >= 0.6 is 11.3 Å². The normalized spacial score (nSPS) is 10.3. The summed E-state index contributed by atoms with van der Waals surface area (Å²) in [4.78, 5) is 17.2. The molecule has 5 nitrogen and oxygen atoms in total. The van der Waals surface area contributed by atoms with E-state index in [4.69, 9.17) is 5.73 Å². The Balaban J connectivity index is 2.12. The second kappa shape index (κ2) is 6.38. The van der Waals surface area contributed by atoms with Crippen LogP contribution in [-0.4, -0.2) is 17.4 Å². The Morgan fingerprint density at radius 3 is 2.90 bits per heavy atom. The number of aromatic nitrogens is 1. The van der Waals surface area contributed by atoms with Gasteiger partial charge >= 0.3 is 0 Å². The third-order valence-corrected chi connectivity index (χ3v) is 3.87. The lowest BCUT2D eigenvalue weighted by molar-refractivity contribution is 0.0956. The van der Waals surface area contributed by atoms with Crippen LogP contribution in [0, 0.1) is 6.92 Å². The number of hydrogen-bond donors (Lipinski definition) is 3. The van der Waals surface area contributed by atoms with Gasteiger partial charge in [-0.15, -0.1) is 11.3 Å². The Hall–Kier alpha value is -2.08. The van der Waals surface area contributed by atoms with Gasteiger partial charge in [0.05, 0.1) is 29.1 Å². The first kappa shape index (κ1) is 14.3. The molecule has 2 aromatic rings. The van der Waals surface area contributed by atoms with E-state index in [1.807, 2.05) is 19.4 Å². The third-order valence-electron chi connectivity index (χ3n) is 2.94. The number of carbonyl (C=O) groups is 1. The Kier molecular flexibility index (Phi) is 4.57. The van der Waals surface area contributed by atoms with Crippen molar-refractivity contribution >= 4 is 28.6 Å². The van der Waals surface area contributed by atoms with Gasteiger partial charge in [-0.25, -0.2) is 4.98 Å². The molecular formula is C14H18N4OS. The van der Waals surface area contributed by atoms with Crippen molar-refractivity contribution in [2.45, 2.75) is 20.4 Å². The summed E-state index contributed by atoms with van der Waals surface area (Å²) in [6.07, 6.45) is 0. The summed E-state index contributed by atoms with van der Waals surface area (Å²) >= 11 is 1.60. The molecule has 106 valence electrons. The number of thiazole rings is 1. The fourth-order valence-corrected chi connectivity index (χ4v) is 2.50. The minimum atomic E-state index is -0.0930. The Bertz CT molecular complexity index is 609. The second-order valence-corrected chi connectivity index (χ2v) is 5.32. The first-order valence-electron chi connectivity index (χ1n) is 6.42. The van der Waals surface area contributed by atoms with Gasteiger partial charge in [0.2, 0.25) is 0 Å². The minimum absolute atomic E-state index is 0.0930. The van der Waals surface area contributed by atoms with Crippen LogP contribution in [0.4, 0.5) is 11.4 Å². The van der Waals surface area contributed by atoms with Crippen LogP contribution in [-0.2, 0) is 6.54 Å². The third kappa shape index (κ3) is 3.27. The first-order chi connectivity index (χ1) is 9.61. The fourth-order valence-electron chi connectivity index (χ4n) is 1.78. The number of rotatable bonds is 5. The fraction of sp³-hybridized carbons (Fsp3) is 0.286. The lowest BCUT2D eigenvalue weighted by Crippen LogP contribution is -2.22. The topological polar surface area (TPSA) is 80.0 Å². The predicted octanol–water partition coefficient (Wildman–Crippen LogP) is 2.40. The highest BCUT2D eigenvalue weighted by atomic mass is 32.1. The molecule has 0 saturated heterocycles. The predicted molar refractivity (Wildman–Crippen MR) is 83.0 cm³/mol. The van der Waals surface area contributed by atoms with Gasteiger partial charge in [-0.3, -0.25) is 4.79 Å². The lowest BCUT2D eigenvalue weighted by atomic mass is 10.1. The minimum Gasteiger partial charge on any atom is -0.397 e. The highest BCUT2D eigenvalue weighted by Gasteiger charge is 2.08. The van der Waals surface area contributed by atoms with E-state index in [2.05, 4.69) is 15.6 Å². The van der Waals surface area contributed by atoms with E-state index in [1.165, 1.54) is 0 Å². The molecule has 0 aliphatic rings. The number of aryl methyl sites for hydroxylation is 1. The molecular weight excluding hydrogens is 272 g/mol. The molecule has 0 atom stereocenters. The molecule has 0 radical (unpaired) electrons. The van der Waals surface area contributed by atoms with Crippen LogP contribution in [0.5, 0.6) is 0 Å². The second-order valence-electron chi connectivity index (χ2n) is 4.38. The molecule has 6 heteroatoms. The molecule has 0 aliphatic heterocycles. The van der Waals surface area contributed by atoms with Crippen LogP contribution in [0.2, 0.25) is 0 Å². The number of benzene rings is 1. The summed E-state index contributed by atoms with van der Waals surface area (Å²) in [6, 6.07) is 5.24. The van der Waals surface area contributed by atoms with E-state index in [9.17, 15) is 4.79 Å². The van der Waals surface area contributed by atoms with Gasteiger partial charge in [0, 0.05) is 17.0 Å². The number of anilines is 2. The van der Waals surface area contributed by atoms with E-state index in [1.54, 1.807) is 29.5 Å². The standard InChI is InChI=1S/C14H18N4OS/c1-3-16-14(19)10-4-5-11(15)12(6-10)17-7-13-9(2)18-8-20-13/h4-6,8,17H,3,7,15H2,1-2H3,(H,16,19). The molecule has 0 fully saturated rings. The van der Waals surface area contributed by atoms with E-state index in [0.717, 1.165) is 16.3 Å². The zero-order valence-corrected chi connectivity index (χ0v) is 12.4. The van der Waals surface area contributed by atoms with Gasteiger partial charge in [-0.2, -0.15) is 0 Å². The summed E-state index contributed by atoms with van der Waals surface area (Å²) in [5.41, 5.74) is 10.8. The number of amides is 1. The molecule has 0 saturated carbocycles. The zero-order valence-electron chi connectivity index (χ0n) is 11.6. The summed E-state index contributed by atoms with van der Waals surface area (Å²) < 4.78 is 0. The van der Waals surface area contributed by atoms with E-state index in [0.29, 0.717) is 24.3 Å². The number of hydrogen-bond acceptors (Lipinski definition) is 5. The van der Waals surface area contributed by atoms with Crippen LogP contribution in [0.15, 0.2) is 23.7 Å². The van der Waals surface area contributed by atoms with E-state index < -0.39 is 0 Å². The maximum atomic E-state index is 11.8. The first-order valence-corrected chi connectivity index (χ1v) is 7.30. The molecule has 0 spiro atoms. The smallest absolute Gasteiger partial charge is 0.251 e. The monoisotopic (exact) mass is 290 g/mol. The molecule has 0 unspecified atom stereocenters. The quantitative estimate of drug-likeness (QED) is 0.739. The van der Waals surface area contributed by atoms with Crippen molar-refractivity contribution in [2.75, 3.05) is 17.6 Å². The van der Waals surface area contributed by atoms with Crippen LogP contribution < -0.4 is 16.4 Å². The van der Waals surface area contributed by atoms with Crippen molar-refractivity contribution in [3.63, 3.8) is 0 Å². The van der Waals surface area contributed by atoms with Crippen molar-refractivity contribution in [1.29, 1.82) is 0 Å². The number of nitrogens with one attached hydrogen (secondary N) is 2. The van der Waals surface area contributed by atoms with Gasteiger partial charge in [0.15, 0.2) is 0 Å². The number of nitrogens with zero attached hydrogens (tertiary/aromatic N) is 1. The highest BCUT2D eigenvalue weighted by molar-refractivity contribution is 7.09. The summed E-state index contributed by atoms with van der Waals surface area (Å²) in [5, 5.41) is 6.03. The summed E-state index contributed by atoms with van der Waals surface area (Å²) in [5.74, 6) is -0.0930. The molecule has 1 amide bonds. The Morgan fingerprint density at radius 1 is 1.45 bits per heavy atom. The molecule has 2 rings (SSSR count). The molecule has 1 aromatic heterocycles. The molecule has 1 heterocycles.